The Morgan fingerprint density at radius 1 is 1.33 bits per heavy atom. The van der Waals surface area contributed by atoms with Gasteiger partial charge in [-0.15, -0.1) is 11.8 Å². The topological polar surface area (TPSA) is 15.3 Å². The molecule has 1 aromatic carbocycles. The Kier molecular flexibility index (Phi) is 3.49. The summed E-state index contributed by atoms with van der Waals surface area (Å²) in [6.07, 6.45) is 1.90. The number of benzene rings is 1. The van der Waals surface area contributed by atoms with Crippen LogP contribution in [0.25, 0.3) is 0 Å². The molecule has 0 aromatic heterocycles. The lowest BCUT2D eigenvalue weighted by Gasteiger charge is -2.30. The minimum Gasteiger partial charge on any atom is -0.367 e. The molecule has 0 saturated carbocycles. The van der Waals surface area contributed by atoms with E-state index in [0.717, 1.165) is 36.8 Å². The number of piperazine rings is 1. The summed E-state index contributed by atoms with van der Waals surface area (Å²) in [7, 11) is 0. The van der Waals surface area contributed by atoms with Crippen molar-refractivity contribution in [2.45, 2.75) is 4.90 Å². The zero-order chi connectivity index (χ0) is 10.7. The van der Waals surface area contributed by atoms with E-state index < -0.39 is 0 Å². The highest BCUT2D eigenvalue weighted by Crippen LogP contribution is 2.27. The zero-order valence-corrected chi connectivity index (χ0v) is 9.61. The van der Waals surface area contributed by atoms with Crippen LogP contribution in [0, 0.1) is 5.82 Å². The lowest BCUT2D eigenvalue weighted by atomic mass is 10.2. The number of nitrogens with zero attached hydrogens (tertiary/aromatic N) is 1. The van der Waals surface area contributed by atoms with E-state index >= 15 is 0 Å². The Morgan fingerprint density at radius 2 is 2.07 bits per heavy atom. The van der Waals surface area contributed by atoms with Crippen molar-refractivity contribution in [1.29, 1.82) is 0 Å². The van der Waals surface area contributed by atoms with Crippen molar-refractivity contribution < 1.29 is 4.39 Å². The minimum atomic E-state index is -0.0769. The quantitative estimate of drug-likeness (QED) is 0.776. The number of nitrogens with one attached hydrogen (secondary N) is 1. The van der Waals surface area contributed by atoms with E-state index in [4.69, 9.17) is 0 Å². The fraction of sp³-hybridized carbons (Fsp3) is 0.455. The van der Waals surface area contributed by atoms with Gasteiger partial charge in [0.2, 0.25) is 0 Å². The van der Waals surface area contributed by atoms with E-state index in [-0.39, 0.29) is 5.82 Å². The molecule has 1 aromatic rings. The SMILES string of the molecule is CSc1cccc(N2CCNCC2)c1F. The molecule has 2 rings (SSSR count). The molecular formula is C11H15FN2S. The first-order chi connectivity index (χ1) is 7.33. The maximum Gasteiger partial charge on any atom is 0.160 e. The van der Waals surface area contributed by atoms with E-state index in [1.807, 2.05) is 24.5 Å². The third kappa shape index (κ3) is 2.26. The van der Waals surface area contributed by atoms with Crippen LogP contribution in [-0.2, 0) is 0 Å². The monoisotopic (exact) mass is 226 g/mol. The standard InChI is InChI=1S/C11H15FN2S/c1-15-10-4-2-3-9(11(10)12)14-7-5-13-6-8-14/h2-4,13H,5-8H2,1H3. The lowest BCUT2D eigenvalue weighted by molar-refractivity contribution is 0.557. The highest BCUT2D eigenvalue weighted by molar-refractivity contribution is 7.98. The molecule has 0 bridgehead atoms. The lowest BCUT2D eigenvalue weighted by Crippen LogP contribution is -2.43. The van der Waals surface area contributed by atoms with Crippen LogP contribution < -0.4 is 10.2 Å². The Morgan fingerprint density at radius 3 is 2.73 bits per heavy atom. The highest BCUT2D eigenvalue weighted by Gasteiger charge is 2.15. The maximum absolute atomic E-state index is 14.0. The maximum atomic E-state index is 14.0. The Labute approximate surface area is 93.8 Å². The number of rotatable bonds is 2. The van der Waals surface area contributed by atoms with Gasteiger partial charge >= 0.3 is 0 Å². The van der Waals surface area contributed by atoms with Gasteiger partial charge in [-0.25, -0.2) is 4.39 Å². The van der Waals surface area contributed by atoms with Gasteiger partial charge in [-0.1, -0.05) is 6.07 Å². The summed E-state index contributed by atoms with van der Waals surface area (Å²) < 4.78 is 14.0. The smallest absolute Gasteiger partial charge is 0.160 e. The van der Waals surface area contributed by atoms with Gasteiger partial charge in [0.25, 0.3) is 0 Å². The van der Waals surface area contributed by atoms with Gasteiger partial charge in [-0.05, 0) is 18.4 Å². The number of hydrogen-bond acceptors (Lipinski definition) is 3. The van der Waals surface area contributed by atoms with E-state index in [2.05, 4.69) is 10.2 Å². The molecule has 0 aliphatic carbocycles. The zero-order valence-electron chi connectivity index (χ0n) is 8.79. The Hall–Kier alpha value is -0.740. The molecule has 0 amide bonds. The van der Waals surface area contributed by atoms with Crippen molar-refractivity contribution in [3.05, 3.63) is 24.0 Å². The van der Waals surface area contributed by atoms with Crippen LogP contribution in [0.2, 0.25) is 0 Å². The third-order valence-corrected chi connectivity index (χ3v) is 3.38. The molecule has 82 valence electrons. The second-order valence-electron chi connectivity index (χ2n) is 3.53. The number of anilines is 1. The van der Waals surface area contributed by atoms with Crippen molar-refractivity contribution in [1.82, 2.24) is 5.32 Å². The largest absolute Gasteiger partial charge is 0.367 e. The fourth-order valence-corrected chi connectivity index (χ4v) is 2.31. The second-order valence-corrected chi connectivity index (χ2v) is 4.38. The highest BCUT2D eigenvalue weighted by atomic mass is 32.2. The second kappa shape index (κ2) is 4.86. The normalized spacial score (nSPS) is 16.8. The fourth-order valence-electron chi connectivity index (χ4n) is 1.81. The minimum absolute atomic E-state index is 0.0769. The molecule has 0 atom stereocenters. The number of thioether (sulfide) groups is 1. The molecule has 1 aliphatic heterocycles. The van der Waals surface area contributed by atoms with Gasteiger partial charge < -0.3 is 10.2 Å². The predicted molar refractivity (Wildman–Crippen MR) is 63.3 cm³/mol. The van der Waals surface area contributed by atoms with Gasteiger partial charge in [-0.2, -0.15) is 0 Å². The van der Waals surface area contributed by atoms with Gasteiger partial charge in [0.1, 0.15) is 0 Å². The van der Waals surface area contributed by atoms with Crippen LogP contribution in [0.1, 0.15) is 0 Å². The molecule has 1 saturated heterocycles. The summed E-state index contributed by atoms with van der Waals surface area (Å²) in [6.45, 7) is 3.63. The van der Waals surface area contributed by atoms with Gasteiger partial charge in [0, 0.05) is 31.1 Å². The average molecular weight is 226 g/mol. The van der Waals surface area contributed by atoms with Gasteiger partial charge in [0.05, 0.1) is 5.69 Å². The molecule has 2 nitrogen and oxygen atoms in total. The summed E-state index contributed by atoms with van der Waals surface area (Å²) in [4.78, 5) is 2.83. The summed E-state index contributed by atoms with van der Waals surface area (Å²) in [5, 5.41) is 3.26. The molecule has 1 N–H and O–H groups in total. The van der Waals surface area contributed by atoms with Crippen LogP contribution in [0.5, 0.6) is 0 Å². The summed E-state index contributed by atoms with van der Waals surface area (Å²) in [5.74, 6) is -0.0769. The molecule has 1 aliphatic rings. The van der Waals surface area contributed by atoms with Crippen LogP contribution >= 0.6 is 11.8 Å². The first kappa shape index (κ1) is 10.8. The Bertz CT molecular complexity index is 337. The van der Waals surface area contributed by atoms with Gasteiger partial charge in [-0.3, -0.25) is 0 Å². The summed E-state index contributed by atoms with van der Waals surface area (Å²) >= 11 is 1.46. The van der Waals surface area contributed by atoms with Crippen molar-refractivity contribution >= 4 is 17.4 Å². The molecule has 15 heavy (non-hydrogen) atoms. The van der Waals surface area contributed by atoms with Crippen LogP contribution in [0.4, 0.5) is 10.1 Å². The van der Waals surface area contributed by atoms with Crippen molar-refractivity contribution in [2.24, 2.45) is 0 Å². The predicted octanol–water partition coefficient (Wildman–Crippen LogP) is 1.96. The van der Waals surface area contributed by atoms with Crippen molar-refractivity contribution in [2.75, 3.05) is 37.3 Å². The first-order valence-corrected chi connectivity index (χ1v) is 6.33. The molecule has 0 unspecified atom stereocenters. The van der Waals surface area contributed by atoms with E-state index in [0.29, 0.717) is 0 Å². The molecule has 1 heterocycles. The van der Waals surface area contributed by atoms with E-state index in [1.54, 1.807) is 0 Å². The van der Waals surface area contributed by atoms with Crippen molar-refractivity contribution in [3.8, 4) is 0 Å². The number of hydrogen-bond donors (Lipinski definition) is 1. The Balaban J connectivity index is 2.26. The van der Waals surface area contributed by atoms with Crippen LogP contribution in [0.3, 0.4) is 0 Å². The first-order valence-electron chi connectivity index (χ1n) is 5.11. The number of halogens is 1. The van der Waals surface area contributed by atoms with Crippen LogP contribution in [0.15, 0.2) is 23.1 Å². The molecule has 4 heteroatoms. The molecule has 1 fully saturated rings. The summed E-state index contributed by atoms with van der Waals surface area (Å²) in [6, 6.07) is 5.61. The van der Waals surface area contributed by atoms with E-state index in [9.17, 15) is 4.39 Å². The summed E-state index contributed by atoms with van der Waals surface area (Å²) in [5.41, 5.74) is 0.739. The molecule has 0 spiro atoms. The molecule has 0 radical (unpaired) electrons. The van der Waals surface area contributed by atoms with Crippen LogP contribution in [-0.4, -0.2) is 32.4 Å². The average Bonchev–Trinajstić information content (AvgIpc) is 2.30. The van der Waals surface area contributed by atoms with Crippen molar-refractivity contribution in [3.63, 3.8) is 0 Å². The molecular weight excluding hydrogens is 211 g/mol. The third-order valence-electron chi connectivity index (χ3n) is 2.62. The van der Waals surface area contributed by atoms with E-state index in [1.165, 1.54) is 11.8 Å². The van der Waals surface area contributed by atoms with Gasteiger partial charge in [0.15, 0.2) is 5.82 Å².